The average Bonchev–Trinajstić information content (AvgIpc) is 2.12. The molecule has 0 spiro atoms. The lowest BCUT2D eigenvalue weighted by Crippen LogP contribution is -2.07. The van der Waals surface area contributed by atoms with E-state index in [1.165, 1.54) is 14.2 Å². The van der Waals surface area contributed by atoms with E-state index >= 15 is 0 Å². The molecule has 6 heteroatoms. The summed E-state index contributed by atoms with van der Waals surface area (Å²) in [5, 5.41) is 11.6. The van der Waals surface area contributed by atoms with Crippen molar-refractivity contribution in [3.8, 4) is 0 Å². The Balaban J connectivity index is 4.66. The molecule has 0 aromatic heterocycles. The van der Waals surface area contributed by atoms with Gasteiger partial charge in [0.1, 0.15) is 0 Å². The molecule has 0 bridgehead atoms. The van der Waals surface area contributed by atoms with Gasteiger partial charge in [0.15, 0.2) is 5.45 Å². The molecule has 1 N–H and O–H groups in total. The molecule has 0 atom stereocenters. The van der Waals surface area contributed by atoms with Crippen LogP contribution in [0.4, 0.5) is 0 Å². The quantitative estimate of drug-likeness (QED) is 0.326. The number of hydrogen-bond acceptors (Lipinski definition) is 5. The summed E-state index contributed by atoms with van der Waals surface area (Å²) >= 11 is 0. The summed E-state index contributed by atoms with van der Waals surface area (Å²) in [5.41, 5.74) is 0.0625. The molecule has 0 aliphatic carbocycles. The van der Waals surface area contributed by atoms with Gasteiger partial charge in [-0.15, -0.1) is 0 Å². The SMILES string of the molecule is COP(=O)(OC)C(CC(C)C)=NO. The van der Waals surface area contributed by atoms with Crippen molar-refractivity contribution >= 4 is 13.0 Å². The molecule has 0 radical (unpaired) electrons. The highest BCUT2D eigenvalue weighted by atomic mass is 31.2. The predicted molar refractivity (Wildman–Crippen MR) is 50.3 cm³/mol. The summed E-state index contributed by atoms with van der Waals surface area (Å²) in [7, 11) is -0.826. The van der Waals surface area contributed by atoms with Crippen molar-refractivity contribution in [3.63, 3.8) is 0 Å². The van der Waals surface area contributed by atoms with E-state index in [-0.39, 0.29) is 11.4 Å². The Hall–Kier alpha value is -0.380. The van der Waals surface area contributed by atoms with Crippen LogP contribution < -0.4 is 0 Å². The third kappa shape index (κ3) is 3.46. The van der Waals surface area contributed by atoms with Crippen molar-refractivity contribution in [2.75, 3.05) is 14.2 Å². The van der Waals surface area contributed by atoms with Gasteiger partial charge in [-0.3, -0.25) is 4.57 Å². The molecule has 0 unspecified atom stereocenters. The van der Waals surface area contributed by atoms with Crippen LogP contribution in [0.15, 0.2) is 5.16 Å². The first-order valence-electron chi connectivity index (χ1n) is 3.93. The molecule has 0 rings (SSSR count). The lowest BCUT2D eigenvalue weighted by Gasteiger charge is -2.15. The number of hydrogen-bond donors (Lipinski definition) is 1. The van der Waals surface area contributed by atoms with Gasteiger partial charge in [0, 0.05) is 20.6 Å². The van der Waals surface area contributed by atoms with E-state index in [4.69, 9.17) is 5.21 Å². The van der Waals surface area contributed by atoms with Crippen molar-refractivity contribution in [1.82, 2.24) is 0 Å². The minimum Gasteiger partial charge on any atom is -0.410 e. The van der Waals surface area contributed by atoms with Crippen molar-refractivity contribution in [1.29, 1.82) is 0 Å². The summed E-state index contributed by atoms with van der Waals surface area (Å²) in [6.07, 6.45) is 0.384. The van der Waals surface area contributed by atoms with E-state index in [1.807, 2.05) is 13.8 Å². The van der Waals surface area contributed by atoms with Gasteiger partial charge in [-0.05, 0) is 5.92 Å². The molecule has 5 nitrogen and oxygen atoms in total. The van der Waals surface area contributed by atoms with E-state index in [1.54, 1.807) is 0 Å². The average molecular weight is 209 g/mol. The molecule has 78 valence electrons. The normalized spacial score (nSPS) is 13.8. The van der Waals surface area contributed by atoms with Crippen molar-refractivity contribution < 1.29 is 18.8 Å². The van der Waals surface area contributed by atoms with Crippen LogP contribution in [0.5, 0.6) is 0 Å². The smallest absolute Gasteiger partial charge is 0.378 e. The molecule has 0 aliphatic heterocycles. The minimum absolute atomic E-state index is 0.0625. The molecule has 0 heterocycles. The number of oxime groups is 1. The summed E-state index contributed by atoms with van der Waals surface area (Å²) in [5.74, 6) is 0.226. The third-order valence-electron chi connectivity index (χ3n) is 1.50. The van der Waals surface area contributed by atoms with Gasteiger partial charge in [0.2, 0.25) is 0 Å². The van der Waals surface area contributed by atoms with Gasteiger partial charge < -0.3 is 14.3 Å². The lowest BCUT2D eigenvalue weighted by atomic mass is 10.1. The fraction of sp³-hybridized carbons (Fsp3) is 0.857. The zero-order valence-corrected chi connectivity index (χ0v) is 9.25. The van der Waals surface area contributed by atoms with Crippen LogP contribution in [0.1, 0.15) is 20.3 Å². The summed E-state index contributed by atoms with van der Waals surface area (Å²) in [6.45, 7) is 3.84. The molecule has 0 saturated heterocycles. The maximum absolute atomic E-state index is 11.7. The Morgan fingerprint density at radius 2 is 1.92 bits per heavy atom. The van der Waals surface area contributed by atoms with E-state index in [9.17, 15) is 4.57 Å². The zero-order valence-electron chi connectivity index (χ0n) is 8.35. The van der Waals surface area contributed by atoms with E-state index in [0.717, 1.165) is 0 Å². The number of rotatable bonds is 5. The fourth-order valence-corrected chi connectivity index (χ4v) is 2.13. The zero-order chi connectivity index (χ0) is 10.5. The second kappa shape index (κ2) is 5.37. The highest BCUT2D eigenvalue weighted by Gasteiger charge is 2.30. The van der Waals surface area contributed by atoms with Crippen LogP contribution >= 0.6 is 7.60 Å². The molecule has 0 amide bonds. The predicted octanol–water partition coefficient (Wildman–Crippen LogP) is 2.31. The Kier molecular flexibility index (Phi) is 5.21. The first-order chi connectivity index (χ1) is 6.00. The van der Waals surface area contributed by atoms with Crippen LogP contribution in [0, 0.1) is 5.92 Å². The van der Waals surface area contributed by atoms with Gasteiger partial charge >= 0.3 is 7.60 Å². The maximum atomic E-state index is 11.7. The van der Waals surface area contributed by atoms with Gasteiger partial charge in [0.05, 0.1) is 0 Å². The van der Waals surface area contributed by atoms with Gasteiger partial charge in [-0.2, -0.15) is 0 Å². The third-order valence-corrected chi connectivity index (χ3v) is 3.37. The standard InChI is InChI=1S/C7H16NO4P/c1-6(2)5-7(8-9)13(10,11-3)12-4/h6,9H,5H2,1-4H3. The second-order valence-corrected chi connectivity index (χ2v) is 5.22. The highest BCUT2D eigenvalue weighted by molar-refractivity contribution is 7.72. The van der Waals surface area contributed by atoms with Crippen molar-refractivity contribution in [2.45, 2.75) is 20.3 Å². The van der Waals surface area contributed by atoms with Crippen LogP contribution in [0.2, 0.25) is 0 Å². The molecule has 13 heavy (non-hydrogen) atoms. The Morgan fingerprint density at radius 3 is 2.15 bits per heavy atom. The summed E-state index contributed by atoms with van der Waals surface area (Å²) in [4.78, 5) is 0. The Bertz CT molecular complexity index is 219. The first-order valence-corrected chi connectivity index (χ1v) is 5.47. The van der Waals surface area contributed by atoms with Gasteiger partial charge in [-0.1, -0.05) is 19.0 Å². The minimum atomic E-state index is -3.35. The van der Waals surface area contributed by atoms with Crippen LogP contribution in [0.3, 0.4) is 0 Å². The Morgan fingerprint density at radius 1 is 1.46 bits per heavy atom. The number of nitrogens with zero attached hydrogens (tertiary/aromatic N) is 1. The van der Waals surface area contributed by atoms with Gasteiger partial charge in [0.25, 0.3) is 0 Å². The first kappa shape index (κ1) is 12.6. The molecule has 0 fully saturated rings. The largest absolute Gasteiger partial charge is 0.410 e. The maximum Gasteiger partial charge on any atom is 0.378 e. The van der Waals surface area contributed by atoms with E-state index in [0.29, 0.717) is 6.42 Å². The second-order valence-electron chi connectivity index (χ2n) is 2.98. The topological polar surface area (TPSA) is 68.1 Å². The molecule has 0 aromatic rings. The van der Waals surface area contributed by atoms with E-state index in [2.05, 4.69) is 14.2 Å². The van der Waals surface area contributed by atoms with Crippen molar-refractivity contribution in [3.05, 3.63) is 0 Å². The lowest BCUT2D eigenvalue weighted by molar-refractivity contribution is 0.281. The van der Waals surface area contributed by atoms with Crippen molar-refractivity contribution in [2.24, 2.45) is 11.1 Å². The molecular formula is C7H16NO4P. The molecule has 0 saturated carbocycles. The van der Waals surface area contributed by atoms with E-state index < -0.39 is 7.60 Å². The molecule has 0 aliphatic rings. The summed E-state index contributed by atoms with van der Waals surface area (Å²) < 4.78 is 21.0. The summed E-state index contributed by atoms with van der Waals surface area (Å²) in [6, 6.07) is 0. The Labute approximate surface area is 78.3 Å². The fourth-order valence-electron chi connectivity index (χ4n) is 0.858. The molecular weight excluding hydrogens is 193 g/mol. The van der Waals surface area contributed by atoms with Crippen LogP contribution in [-0.2, 0) is 13.6 Å². The molecule has 0 aromatic carbocycles. The van der Waals surface area contributed by atoms with Gasteiger partial charge in [-0.25, -0.2) is 0 Å². The van der Waals surface area contributed by atoms with Crippen LogP contribution in [-0.4, -0.2) is 24.9 Å². The van der Waals surface area contributed by atoms with Crippen LogP contribution in [0.25, 0.3) is 0 Å². The monoisotopic (exact) mass is 209 g/mol. The highest BCUT2D eigenvalue weighted by Crippen LogP contribution is 2.49.